The first kappa shape index (κ1) is 17.8. The quantitative estimate of drug-likeness (QED) is 0.740. The van der Waals surface area contributed by atoms with Crippen molar-refractivity contribution in [3.05, 3.63) is 48.5 Å². The van der Waals surface area contributed by atoms with Gasteiger partial charge in [-0.15, -0.1) is 5.10 Å². The molecule has 0 bridgehead atoms. The third kappa shape index (κ3) is 3.99. The number of rotatable bonds is 6. The van der Waals surface area contributed by atoms with Crippen LogP contribution in [-0.2, 0) is 11.8 Å². The lowest BCUT2D eigenvalue weighted by Gasteiger charge is -2.19. The number of aryl methyl sites for hydroxylation is 1. The lowest BCUT2D eigenvalue weighted by Crippen LogP contribution is -2.29. The molecule has 0 saturated carbocycles. The van der Waals surface area contributed by atoms with E-state index in [4.69, 9.17) is 10.1 Å². The van der Waals surface area contributed by atoms with E-state index in [0.717, 1.165) is 17.7 Å². The Balaban J connectivity index is 2.11. The summed E-state index contributed by atoms with van der Waals surface area (Å²) >= 11 is 0. The monoisotopic (exact) mass is 352 g/mol. The molecule has 0 spiro atoms. The van der Waals surface area contributed by atoms with Crippen molar-refractivity contribution < 1.29 is 4.79 Å². The molecule has 2 heterocycles. The predicted molar refractivity (Wildman–Crippen MR) is 99.6 cm³/mol. The minimum Gasteiger partial charge on any atom is -0.346 e. The first-order valence-corrected chi connectivity index (χ1v) is 8.72. The molecule has 0 aliphatic rings. The number of hydrogen-bond acceptors (Lipinski definition) is 4. The van der Waals surface area contributed by atoms with Crippen molar-refractivity contribution in [2.45, 2.75) is 33.2 Å². The zero-order valence-electron chi connectivity index (χ0n) is 15.5. The molecule has 7 heteroatoms. The van der Waals surface area contributed by atoms with Gasteiger partial charge in [-0.25, -0.2) is 9.67 Å². The highest BCUT2D eigenvalue weighted by Gasteiger charge is 2.24. The van der Waals surface area contributed by atoms with Crippen molar-refractivity contribution >= 4 is 5.91 Å². The maximum Gasteiger partial charge on any atom is 0.217 e. The summed E-state index contributed by atoms with van der Waals surface area (Å²) in [5.74, 6) is 1.65. The number of amides is 1. The molecule has 0 saturated heterocycles. The van der Waals surface area contributed by atoms with E-state index in [1.54, 1.807) is 15.6 Å². The van der Waals surface area contributed by atoms with Crippen molar-refractivity contribution in [3.63, 3.8) is 0 Å². The van der Waals surface area contributed by atoms with Gasteiger partial charge in [0.1, 0.15) is 5.69 Å². The average molecular weight is 352 g/mol. The Morgan fingerprint density at radius 1 is 1.23 bits per heavy atom. The van der Waals surface area contributed by atoms with E-state index in [9.17, 15) is 4.79 Å². The lowest BCUT2D eigenvalue weighted by atomic mass is 10.0. The number of benzene rings is 1. The molecule has 1 amide bonds. The third-order valence-corrected chi connectivity index (χ3v) is 4.00. The van der Waals surface area contributed by atoms with Crippen LogP contribution in [0.2, 0.25) is 0 Å². The molecule has 1 N–H and O–H groups in total. The lowest BCUT2D eigenvalue weighted by molar-refractivity contribution is -0.119. The smallest absolute Gasteiger partial charge is 0.217 e. The first-order chi connectivity index (χ1) is 12.4. The van der Waals surface area contributed by atoms with Gasteiger partial charge >= 0.3 is 0 Å². The maximum absolute atomic E-state index is 11.8. The molecular weight excluding hydrogens is 328 g/mol. The van der Waals surface area contributed by atoms with E-state index in [0.29, 0.717) is 17.6 Å². The van der Waals surface area contributed by atoms with Crippen molar-refractivity contribution in [1.82, 2.24) is 29.9 Å². The molecule has 136 valence electrons. The van der Waals surface area contributed by atoms with Gasteiger partial charge in [0, 0.05) is 19.5 Å². The second-order valence-corrected chi connectivity index (χ2v) is 6.83. The molecule has 0 radical (unpaired) electrons. The summed E-state index contributed by atoms with van der Waals surface area (Å²) < 4.78 is 3.50. The summed E-state index contributed by atoms with van der Waals surface area (Å²) in [7, 11) is 1.86. The molecule has 0 unspecified atom stereocenters. The number of aromatic nitrogens is 5. The van der Waals surface area contributed by atoms with Crippen molar-refractivity contribution in [2.24, 2.45) is 13.0 Å². The van der Waals surface area contributed by atoms with Crippen LogP contribution in [0, 0.1) is 5.92 Å². The predicted octanol–water partition coefficient (Wildman–Crippen LogP) is 2.89. The van der Waals surface area contributed by atoms with Gasteiger partial charge in [-0.1, -0.05) is 44.2 Å². The van der Waals surface area contributed by atoms with E-state index in [1.807, 2.05) is 43.6 Å². The molecule has 1 aromatic carbocycles. The van der Waals surface area contributed by atoms with Crippen LogP contribution in [-0.4, -0.2) is 30.5 Å². The SMILES string of the molecule is CC(=O)N[C@@H](CC(C)C)c1nc(-c2ccccc2)nn1-c1cnn(C)c1. The van der Waals surface area contributed by atoms with Crippen LogP contribution >= 0.6 is 0 Å². The van der Waals surface area contributed by atoms with Crippen LogP contribution in [0.15, 0.2) is 42.7 Å². The molecule has 0 aliphatic carbocycles. The Morgan fingerprint density at radius 2 is 1.96 bits per heavy atom. The number of carbonyl (C=O) groups is 1. The van der Waals surface area contributed by atoms with Crippen LogP contribution in [0.4, 0.5) is 0 Å². The van der Waals surface area contributed by atoms with Crippen LogP contribution in [0.3, 0.4) is 0 Å². The second-order valence-electron chi connectivity index (χ2n) is 6.83. The van der Waals surface area contributed by atoms with Gasteiger partial charge in [-0.3, -0.25) is 9.48 Å². The zero-order valence-corrected chi connectivity index (χ0v) is 15.5. The fourth-order valence-corrected chi connectivity index (χ4v) is 2.91. The molecule has 3 rings (SSSR count). The summed E-state index contributed by atoms with van der Waals surface area (Å²) in [4.78, 5) is 16.5. The maximum atomic E-state index is 11.8. The second kappa shape index (κ2) is 7.51. The van der Waals surface area contributed by atoms with Gasteiger partial charge in [-0.2, -0.15) is 5.10 Å². The van der Waals surface area contributed by atoms with Crippen LogP contribution < -0.4 is 5.32 Å². The molecular formula is C19H24N6O. The molecule has 26 heavy (non-hydrogen) atoms. The van der Waals surface area contributed by atoms with Crippen LogP contribution in [0.25, 0.3) is 17.1 Å². The standard InChI is InChI=1S/C19H24N6O/c1-13(2)10-17(21-14(3)26)19-22-18(15-8-6-5-7-9-15)23-25(19)16-11-20-24(4)12-16/h5-9,11-13,17H,10H2,1-4H3,(H,21,26)/t17-/m0/s1. The van der Waals surface area contributed by atoms with E-state index >= 15 is 0 Å². The van der Waals surface area contributed by atoms with E-state index in [1.165, 1.54) is 6.92 Å². The minimum atomic E-state index is -0.224. The molecule has 2 aromatic heterocycles. The minimum absolute atomic E-state index is 0.0855. The third-order valence-electron chi connectivity index (χ3n) is 4.00. The Bertz CT molecular complexity index is 881. The Labute approximate surface area is 153 Å². The fourth-order valence-electron chi connectivity index (χ4n) is 2.91. The normalized spacial score (nSPS) is 12.3. The van der Waals surface area contributed by atoms with Crippen molar-refractivity contribution in [2.75, 3.05) is 0 Å². The Morgan fingerprint density at radius 3 is 2.54 bits per heavy atom. The molecule has 0 aliphatic heterocycles. The number of nitrogens with zero attached hydrogens (tertiary/aromatic N) is 5. The molecule has 7 nitrogen and oxygen atoms in total. The zero-order chi connectivity index (χ0) is 18.7. The highest BCUT2D eigenvalue weighted by molar-refractivity contribution is 5.73. The van der Waals surface area contributed by atoms with Gasteiger partial charge in [0.05, 0.1) is 18.4 Å². The molecule has 3 aromatic rings. The van der Waals surface area contributed by atoms with E-state index < -0.39 is 0 Å². The van der Waals surface area contributed by atoms with Crippen LogP contribution in [0.1, 0.15) is 39.1 Å². The highest BCUT2D eigenvalue weighted by Crippen LogP contribution is 2.25. The van der Waals surface area contributed by atoms with Gasteiger partial charge in [0.2, 0.25) is 5.91 Å². The van der Waals surface area contributed by atoms with Gasteiger partial charge < -0.3 is 5.32 Å². The summed E-state index contributed by atoms with van der Waals surface area (Å²) in [6, 6.07) is 9.60. The van der Waals surface area contributed by atoms with Crippen LogP contribution in [0.5, 0.6) is 0 Å². The van der Waals surface area contributed by atoms with Gasteiger partial charge in [0.25, 0.3) is 0 Å². The van der Waals surface area contributed by atoms with Gasteiger partial charge in [0.15, 0.2) is 11.6 Å². The topological polar surface area (TPSA) is 77.6 Å². The number of nitrogens with one attached hydrogen (secondary N) is 1. The number of carbonyl (C=O) groups excluding carboxylic acids is 1. The van der Waals surface area contributed by atoms with Crippen molar-refractivity contribution in [3.8, 4) is 17.1 Å². The Hall–Kier alpha value is -2.96. The summed E-state index contributed by atoms with van der Waals surface area (Å²) in [5.41, 5.74) is 1.75. The average Bonchev–Trinajstić information content (AvgIpc) is 3.20. The molecule has 1 atom stereocenters. The molecule has 0 fully saturated rings. The summed E-state index contributed by atoms with van der Waals surface area (Å²) in [6.45, 7) is 5.77. The number of hydrogen-bond donors (Lipinski definition) is 1. The Kier molecular flexibility index (Phi) is 5.16. The van der Waals surface area contributed by atoms with Gasteiger partial charge in [-0.05, 0) is 12.3 Å². The largest absolute Gasteiger partial charge is 0.346 e. The van der Waals surface area contributed by atoms with E-state index in [-0.39, 0.29) is 11.9 Å². The van der Waals surface area contributed by atoms with E-state index in [2.05, 4.69) is 24.3 Å². The van der Waals surface area contributed by atoms with Crippen molar-refractivity contribution in [1.29, 1.82) is 0 Å². The summed E-state index contributed by atoms with van der Waals surface area (Å²) in [5, 5.41) is 12.0. The fraction of sp³-hybridized carbons (Fsp3) is 0.368. The summed E-state index contributed by atoms with van der Waals surface area (Å²) in [6.07, 6.45) is 4.40. The first-order valence-electron chi connectivity index (χ1n) is 8.72. The highest BCUT2D eigenvalue weighted by atomic mass is 16.1.